The van der Waals surface area contributed by atoms with Gasteiger partial charge in [-0.2, -0.15) is 0 Å². The second-order valence-corrected chi connectivity index (χ2v) is 6.19. The zero-order chi connectivity index (χ0) is 18.4. The minimum absolute atomic E-state index is 0.0837. The number of hydrogen-bond acceptors (Lipinski definition) is 5. The Morgan fingerprint density at radius 3 is 2.60 bits per heavy atom. The standard InChI is InChI=1S/C18H25N3O4/c1-13(22)21(4)10-11-24-18(23)25-16-7-5-6-15-17(16)14(12-19-15)8-9-20(2)3/h5-7,12,19H,8-11H2,1-4H3. The van der Waals surface area contributed by atoms with Gasteiger partial charge in [0.2, 0.25) is 5.91 Å². The van der Waals surface area contributed by atoms with E-state index in [1.54, 1.807) is 13.1 Å². The number of rotatable bonds is 7. The second-order valence-electron chi connectivity index (χ2n) is 6.19. The van der Waals surface area contributed by atoms with Gasteiger partial charge in [-0.1, -0.05) is 6.07 Å². The monoisotopic (exact) mass is 347 g/mol. The molecule has 1 amide bonds. The SMILES string of the molecule is CC(=O)N(C)CCOC(=O)Oc1cccc2[nH]cc(CCN(C)C)c12. The lowest BCUT2D eigenvalue weighted by atomic mass is 10.1. The molecule has 0 fully saturated rings. The number of carbonyl (C=O) groups excluding carboxylic acids is 2. The van der Waals surface area contributed by atoms with Crippen molar-refractivity contribution in [3.63, 3.8) is 0 Å². The minimum Gasteiger partial charge on any atom is -0.432 e. The van der Waals surface area contributed by atoms with Crippen molar-refractivity contribution >= 4 is 23.0 Å². The lowest BCUT2D eigenvalue weighted by Gasteiger charge is -2.14. The maximum absolute atomic E-state index is 11.9. The van der Waals surface area contributed by atoms with Crippen LogP contribution in [0.3, 0.4) is 0 Å². The molecule has 0 saturated heterocycles. The van der Waals surface area contributed by atoms with Crippen LogP contribution in [0.2, 0.25) is 0 Å². The van der Waals surface area contributed by atoms with E-state index in [-0.39, 0.29) is 12.5 Å². The fourth-order valence-corrected chi connectivity index (χ4v) is 2.39. The largest absolute Gasteiger partial charge is 0.513 e. The molecule has 0 aliphatic heterocycles. The van der Waals surface area contributed by atoms with Crippen molar-refractivity contribution in [3.05, 3.63) is 30.0 Å². The maximum atomic E-state index is 11.9. The van der Waals surface area contributed by atoms with E-state index >= 15 is 0 Å². The van der Waals surface area contributed by atoms with Gasteiger partial charge in [-0.3, -0.25) is 4.79 Å². The average molecular weight is 347 g/mol. The fourth-order valence-electron chi connectivity index (χ4n) is 2.39. The first-order valence-corrected chi connectivity index (χ1v) is 8.18. The zero-order valence-corrected chi connectivity index (χ0v) is 15.2. The molecule has 1 aromatic carbocycles. The molecule has 0 saturated carbocycles. The zero-order valence-electron chi connectivity index (χ0n) is 15.2. The van der Waals surface area contributed by atoms with E-state index in [0.29, 0.717) is 12.3 Å². The summed E-state index contributed by atoms with van der Waals surface area (Å²) in [5, 5.41) is 0.891. The van der Waals surface area contributed by atoms with E-state index in [1.807, 2.05) is 32.4 Å². The predicted octanol–water partition coefficient (Wildman–Crippen LogP) is 2.27. The first-order valence-electron chi connectivity index (χ1n) is 8.18. The third kappa shape index (κ3) is 5.22. The Bertz CT molecular complexity index is 739. The van der Waals surface area contributed by atoms with Gasteiger partial charge in [-0.05, 0) is 38.2 Å². The molecule has 0 aliphatic rings. The number of fused-ring (bicyclic) bond motifs is 1. The summed E-state index contributed by atoms with van der Waals surface area (Å²) >= 11 is 0. The molecule has 1 N–H and O–H groups in total. The molecule has 0 unspecified atom stereocenters. The highest BCUT2D eigenvalue weighted by Gasteiger charge is 2.14. The van der Waals surface area contributed by atoms with Crippen molar-refractivity contribution in [1.29, 1.82) is 0 Å². The van der Waals surface area contributed by atoms with Crippen molar-refractivity contribution in [1.82, 2.24) is 14.8 Å². The van der Waals surface area contributed by atoms with Crippen molar-refractivity contribution in [2.45, 2.75) is 13.3 Å². The van der Waals surface area contributed by atoms with Crippen molar-refractivity contribution in [3.8, 4) is 5.75 Å². The highest BCUT2D eigenvalue weighted by atomic mass is 16.7. The van der Waals surface area contributed by atoms with Crippen molar-refractivity contribution in [2.75, 3.05) is 40.8 Å². The summed E-state index contributed by atoms with van der Waals surface area (Å²) in [4.78, 5) is 29.8. The molecule has 0 radical (unpaired) electrons. The van der Waals surface area contributed by atoms with Crippen LogP contribution in [0.4, 0.5) is 4.79 Å². The molecule has 0 bridgehead atoms. The molecule has 1 aromatic heterocycles. The van der Waals surface area contributed by atoms with Crippen LogP contribution >= 0.6 is 0 Å². The summed E-state index contributed by atoms with van der Waals surface area (Å²) in [6.45, 7) is 2.77. The number of nitrogens with one attached hydrogen (secondary N) is 1. The van der Waals surface area contributed by atoms with Gasteiger partial charge in [0.1, 0.15) is 12.4 Å². The lowest BCUT2D eigenvalue weighted by molar-refractivity contribution is -0.128. The van der Waals surface area contributed by atoms with Crippen LogP contribution in [-0.2, 0) is 16.0 Å². The Morgan fingerprint density at radius 2 is 1.92 bits per heavy atom. The number of likely N-dealkylation sites (N-methyl/N-ethyl adjacent to an activating group) is 2. The maximum Gasteiger partial charge on any atom is 0.513 e. The number of ether oxygens (including phenoxy) is 2. The predicted molar refractivity (Wildman–Crippen MR) is 95.8 cm³/mol. The summed E-state index contributed by atoms with van der Waals surface area (Å²) in [6.07, 6.45) is 2.00. The van der Waals surface area contributed by atoms with E-state index < -0.39 is 6.16 Å². The Kier molecular flexibility index (Phi) is 6.41. The quantitative estimate of drug-likeness (QED) is 0.614. The minimum atomic E-state index is -0.774. The van der Waals surface area contributed by atoms with Crippen LogP contribution in [0, 0.1) is 0 Å². The third-order valence-corrected chi connectivity index (χ3v) is 3.96. The molecule has 0 atom stereocenters. The molecular weight excluding hydrogens is 322 g/mol. The average Bonchev–Trinajstić information content (AvgIpc) is 2.97. The molecule has 2 aromatic rings. The molecule has 7 nitrogen and oxygen atoms in total. The second kappa shape index (κ2) is 8.53. The molecule has 0 aliphatic carbocycles. The van der Waals surface area contributed by atoms with Gasteiger partial charge in [-0.15, -0.1) is 0 Å². The number of hydrogen-bond donors (Lipinski definition) is 1. The fraction of sp³-hybridized carbons (Fsp3) is 0.444. The Labute approximate surface area is 147 Å². The van der Waals surface area contributed by atoms with E-state index in [9.17, 15) is 9.59 Å². The smallest absolute Gasteiger partial charge is 0.432 e. The molecule has 25 heavy (non-hydrogen) atoms. The Balaban J connectivity index is 2.03. The summed E-state index contributed by atoms with van der Waals surface area (Å²) < 4.78 is 10.4. The van der Waals surface area contributed by atoms with Crippen LogP contribution in [-0.4, -0.2) is 67.7 Å². The number of carbonyl (C=O) groups is 2. The third-order valence-electron chi connectivity index (χ3n) is 3.96. The van der Waals surface area contributed by atoms with E-state index in [2.05, 4.69) is 9.88 Å². The Hall–Kier alpha value is -2.54. The number of aromatic amines is 1. The summed E-state index contributed by atoms with van der Waals surface area (Å²) in [5.41, 5.74) is 2.00. The van der Waals surface area contributed by atoms with E-state index in [1.165, 1.54) is 11.8 Å². The number of nitrogens with zero attached hydrogens (tertiary/aromatic N) is 2. The highest BCUT2D eigenvalue weighted by molar-refractivity contribution is 5.90. The summed E-state index contributed by atoms with van der Waals surface area (Å²) in [6, 6.07) is 5.51. The molecule has 136 valence electrons. The van der Waals surface area contributed by atoms with Gasteiger partial charge < -0.3 is 24.3 Å². The van der Waals surface area contributed by atoms with Gasteiger partial charge in [0, 0.05) is 37.6 Å². The molecule has 7 heteroatoms. The van der Waals surface area contributed by atoms with Crippen LogP contribution in [0.15, 0.2) is 24.4 Å². The topological polar surface area (TPSA) is 74.9 Å². The van der Waals surface area contributed by atoms with Crippen LogP contribution in [0.1, 0.15) is 12.5 Å². The normalized spacial score (nSPS) is 10.9. The number of benzene rings is 1. The number of H-pyrrole nitrogens is 1. The van der Waals surface area contributed by atoms with Gasteiger partial charge >= 0.3 is 6.16 Å². The molecule has 2 rings (SSSR count). The van der Waals surface area contributed by atoms with Gasteiger partial charge in [-0.25, -0.2) is 4.79 Å². The first kappa shape index (κ1) is 18.8. The highest BCUT2D eigenvalue weighted by Crippen LogP contribution is 2.29. The van der Waals surface area contributed by atoms with Crippen molar-refractivity contribution < 1.29 is 19.1 Å². The van der Waals surface area contributed by atoms with Gasteiger partial charge in [0.05, 0.1) is 6.54 Å². The van der Waals surface area contributed by atoms with Crippen LogP contribution in [0.5, 0.6) is 5.75 Å². The molecule has 0 spiro atoms. The lowest BCUT2D eigenvalue weighted by Crippen LogP contribution is -2.29. The summed E-state index contributed by atoms with van der Waals surface area (Å²) in [5.74, 6) is 0.386. The van der Waals surface area contributed by atoms with E-state index in [0.717, 1.165) is 29.4 Å². The summed E-state index contributed by atoms with van der Waals surface area (Å²) in [7, 11) is 5.68. The number of aromatic nitrogens is 1. The van der Waals surface area contributed by atoms with Crippen LogP contribution < -0.4 is 4.74 Å². The van der Waals surface area contributed by atoms with Gasteiger partial charge in [0.15, 0.2) is 0 Å². The number of amides is 1. The Morgan fingerprint density at radius 1 is 1.16 bits per heavy atom. The molecule has 1 heterocycles. The van der Waals surface area contributed by atoms with Crippen LogP contribution in [0.25, 0.3) is 10.9 Å². The first-order chi connectivity index (χ1) is 11.9. The molecular formula is C18H25N3O4. The van der Waals surface area contributed by atoms with Crippen molar-refractivity contribution in [2.24, 2.45) is 0 Å². The van der Waals surface area contributed by atoms with E-state index in [4.69, 9.17) is 9.47 Å². The van der Waals surface area contributed by atoms with Gasteiger partial charge in [0.25, 0.3) is 0 Å².